The lowest BCUT2D eigenvalue weighted by molar-refractivity contribution is -0.137. The summed E-state index contributed by atoms with van der Waals surface area (Å²) in [4.78, 5) is 30.4. The average molecular weight is 365 g/mol. The van der Waals surface area contributed by atoms with Crippen molar-refractivity contribution in [3.63, 3.8) is 0 Å². The van der Waals surface area contributed by atoms with Gasteiger partial charge in [0.15, 0.2) is 17.9 Å². The quantitative estimate of drug-likeness (QED) is 0.158. The maximum Gasteiger partial charge on any atom is 0.323 e. The monoisotopic (exact) mass is 365 g/mol. The standard InChI is InChI=1S/C4H9N3O2.2C3H7N3O2/c1-7(4(5)6)2-3(8)9;2*4-3(5)6-1-2(7)8/h2H2,1H3,(H3,5,6)(H,8,9);2*1H2,(H,7,8)(H4,4,5,6). The van der Waals surface area contributed by atoms with Gasteiger partial charge in [-0.05, 0) is 0 Å². The first-order valence-electron chi connectivity index (χ1n) is 6.15. The second-order valence-corrected chi connectivity index (χ2v) is 3.96. The minimum atomic E-state index is -1.03. The Morgan fingerprint density at radius 3 is 1.24 bits per heavy atom. The molecule has 0 aliphatic carbocycles. The molecule has 0 amide bonds. The molecule has 0 saturated heterocycles. The predicted octanol–water partition coefficient (Wildman–Crippen LogP) is -4.00. The number of nitrogens with zero attached hydrogens (tertiary/aromatic N) is 1. The van der Waals surface area contributed by atoms with Crippen molar-refractivity contribution in [3.8, 4) is 0 Å². The first-order chi connectivity index (χ1) is 11.3. The molecule has 14 N–H and O–H groups in total. The van der Waals surface area contributed by atoms with Gasteiger partial charge in [-0.1, -0.05) is 0 Å². The topological polar surface area (TPSA) is 289 Å². The summed E-state index contributed by atoms with van der Waals surface area (Å²) in [5.74, 6) is -3.94. The van der Waals surface area contributed by atoms with E-state index in [9.17, 15) is 14.4 Å². The second kappa shape index (κ2) is 15.1. The Morgan fingerprint density at radius 1 is 0.840 bits per heavy atom. The normalized spacial score (nSPS) is 8.20. The van der Waals surface area contributed by atoms with Crippen LogP contribution in [0, 0.1) is 16.2 Å². The molecule has 0 spiro atoms. The molecule has 0 aromatic heterocycles. The van der Waals surface area contributed by atoms with E-state index in [1.165, 1.54) is 7.05 Å². The highest BCUT2D eigenvalue weighted by molar-refractivity contribution is 5.81. The third-order valence-corrected chi connectivity index (χ3v) is 1.64. The Balaban J connectivity index is -0.000000291. The van der Waals surface area contributed by atoms with Gasteiger partial charge < -0.3 is 48.1 Å². The molecular formula is C10H23N9O6. The van der Waals surface area contributed by atoms with Crippen molar-refractivity contribution in [3.05, 3.63) is 0 Å². The summed E-state index contributed by atoms with van der Waals surface area (Å²) in [6.07, 6.45) is 0. The van der Waals surface area contributed by atoms with Crippen LogP contribution in [0.2, 0.25) is 0 Å². The summed E-state index contributed by atoms with van der Waals surface area (Å²) in [6, 6.07) is 0. The number of rotatable bonds is 6. The van der Waals surface area contributed by atoms with E-state index in [1.807, 2.05) is 0 Å². The van der Waals surface area contributed by atoms with Crippen molar-refractivity contribution < 1.29 is 29.7 Å². The number of nitrogens with two attached hydrogens (primary N) is 3. The predicted molar refractivity (Wildman–Crippen MR) is 87.3 cm³/mol. The Hall–Kier alpha value is -3.78. The summed E-state index contributed by atoms with van der Waals surface area (Å²) < 4.78 is 0. The molecule has 25 heavy (non-hydrogen) atoms. The summed E-state index contributed by atoms with van der Waals surface area (Å²) >= 11 is 0. The lowest BCUT2D eigenvalue weighted by Crippen LogP contribution is -2.36. The molecule has 0 rings (SSSR count). The van der Waals surface area contributed by atoms with Crippen LogP contribution in [0.1, 0.15) is 0 Å². The third-order valence-electron chi connectivity index (χ3n) is 1.64. The first kappa shape index (κ1) is 26.1. The highest BCUT2D eigenvalue weighted by Crippen LogP contribution is 1.76. The molecule has 15 nitrogen and oxygen atoms in total. The van der Waals surface area contributed by atoms with Crippen LogP contribution in [0.5, 0.6) is 0 Å². The number of carboxylic acid groups (broad SMARTS) is 3. The summed E-state index contributed by atoms with van der Waals surface area (Å²) in [5.41, 5.74) is 14.4. The largest absolute Gasteiger partial charge is 0.480 e. The number of aliphatic carboxylic acids is 3. The third kappa shape index (κ3) is 33.2. The molecule has 15 heteroatoms. The van der Waals surface area contributed by atoms with Crippen LogP contribution in [-0.4, -0.2) is 82.7 Å². The van der Waals surface area contributed by atoms with Gasteiger partial charge in [-0.3, -0.25) is 30.6 Å². The fourth-order valence-electron chi connectivity index (χ4n) is 0.630. The van der Waals surface area contributed by atoms with Crippen LogP contribution in [0.4, 0.5) is 0 Å². The number of guanidine groups is 3. The number of nitrogens with one attached hydrogen (secondary N) is 5. The zero-order valence-electron chi connectivity index (χ0n) is 13.4. The molecule has 0 atom stereocenters. The lowest BCUT2D eigenvalue weighted by atomic mass is 10.6. The fraction of sp³-hybridized carbons (Fsp3) is 0.400. The summed E-state index contributed by atoms with van der Waals surface area (Å²) in [5, 5.41) is 48.0. The molecule has 0 unspecified atom stereocenters. The van der Waals surface area contributed by atoms with Crippen LogP contribution >= 0.6 is 0 Å². The molecule has 0 saturated carbocycles. The fourth-order valence-corrected chi connectivity index (χ4v) is 0.630. The van der Waals surface area contributed by atoms with E-state index in [2.05, 4.69) is 10.6 Å². The first-order valence-corrected chi connectivity index (χ1v) is 6.15. The van der Waals surface area contributed by atoms with Crippen molar-refractivity contribution in [2.45, 2.75) is 0 Å². The highest BCUT2D eigenvalue weighted by Gasteiger charge is 2.03. The number of hydrogen-bond donors (Lipinski definition) is 11. The van der Waals surface area contributed by atoms with Gasteiger partial charge in [-0.15, -0.1) is 0 Å². The van der Waals surface area contributed by atoms with Gasteiger partial charge in [-0.25, -0.2) is 0 Å². The van der Waals surface area contributed by atoms with E-state index in [0.29, 0.717) is 0 Å². The number of likely N-dealkylation sites (N-methyl/N-ethyl adjacent to an activating group) is 1. The van der Waals surface area contributed by atoms with E-state index in [4.69, 9.17) is 48.7 Å². The zero-order chi connectivity index (χ0) is 20.6. The van der Waals surface area contributed by atoms with Crippen molar-refractivity contribution in [2.75, 3.05) is 26.7 Å². The average Bonchev–Trinajstić information content (AvgIpc) is 2.43. The van der Waals surface area contributed by atoms with Crippen molar-refractivity contribution in [2.24, 2.45) is 17.2 Å². The van der Waals surface area contributed by atoms with E-state index >= 15 is 0 Å². The number of carboxylic acids is 3. The molecule has 0 aliphatic heterocycles. The van der Waals surface area contributed by atoms with Crippen LogP contribution in [-0.2, 0) is 14.4 Å². The van der Waals surface area contributed by atoms with E-state index in [-0.39, 0.29) is 37.5 Å². The number of carbonyl (C=O) groups is 3. The molecule has 0 heterocycles. The maximum absolute atomic E-state index is 9.92. The van der Waals surface area contributed by atoms with Crippen molar-refractivity contribution in [1.82, 2.24) is 15.5 Å². The van der Waals surface area contributed by atoms with Crippen molar-refractivity contribution >= 4 is 35.8 Å². The Morgan fingerprint density at radius 2 is 1.16 bits per heavy atom. The van der Waals surface area contributed by atoms with Gasteiger partial charge in [0.2, 0.25) is 0 Å². The SMILES string of the molecule is CN(CC(=O)O)C(=N)N.N=C(N)NCC(=O)O.N=C(N)NCC(=O)O. The molecule has 0 fully saturated rings. The molecular weight excluding hydrogens is 342 g/mol. The van der Waals surface area contributed by atoms with Crippen LogP contribution in [0.15, 0.2) is 0 Å². The van der Waals surface area contributed by atoms with E-state index < -0.39 is 17.9 Å². The summed E-state index contributed by atoms with van der Waals surface area (Å²) in [7, 11) is 1.44. The van der Waals surface area contributed by atoms with Crippen molar-refractivity contribution in [1.29, 1.82) is 16.2 Å². The minimum absolute atomic E-state index is 0.227. The van der Waals surface area contributed by atoms with E-state index in [1.54, 1.807) is 0 Å². The van der Waals surface area contributed by atoms with Gasteiger partial charge in [0.25, 0.3) is 0 Å². The van der Waals surface area contributed by atoms with Gasteiger partial charge >= 0.3 is 17.9 Å². The van der Waals surface area contributed by atoms with Gasteiger partial charge in [0, 0.05) is 7.05 Å². The molecule has 0 bridgehead atoms. The maximum atomic E-state index is 9.92. The minimum Gasteiger partial charge on any atom is -0.480 e. The highest BCUT2D eigenvalue weighted by atomic mass is 16.4. The Labute approximate surface area is 142 Å². The zero-order valence-corrected chi connectivity index (χ0v) is 13.4. The van der Waals surface area contributed by atoms with Gasteiger partial charge in [0.05, 0.1) is 0 Å². The lowest BCUT2D eigenvalue weighted by Gasteiger charge is -2.12. The van der Waals surface area contributed by atoms with Crippen LogP contribution < -0.4 is 27.8 Å². The molecule has 0 aromatic rings. The molecule has 0 aromatic carbocycles. The summed E-state index contributed by atoms with van der Waals surface area (Å²) in [6.45, 7) is -0.819. The Bertz CT molecular complexity index is 439. The van der Waals surface area contributed by atoms with E-state index in [0.717, 1.165) is 4.90 Å². The van der Waals surface area contributed by atoms with Crippen LogP contribution in [0.3, 0.4) is 0 Å². The molecule has 0 aliphatic rings. The number of hydrogen-bond acceptors (Lipinski definition) is 6. The molecule has 0 radical (unpaired) electrons. The van der Waals surface area contributed by atoms with Crippen LogP contribution in [0.25, 0.3) is 0 Å². The Kier molecular flexibility index (Phi) is 15.8. The van der Waals surface area contributed by atoms with Gasteiger partial charge in [0.1, 0.15) is 19.6 Å². The smallest absolute Gasteiger partial charge is 0.323 e. The second-order valence-electron chi connectivity index (χ2n) is 3.96. The van der Waals surface area contributed by atoms with Gasteiger partial charge in [-0.2, -0.15) is 0 Å². The molecule has 144 valence electrons.